The van der Waals surface area contributed by atoms with Gasteiger partial charge in [-0.25, -0.2) is 14.9 Å². The Morgan fingerprint density at radius 3 is 3.00 bits per heavy atom. The van der Waals surface area contributed by atoms with E-state index in [1.807, 2.05) is 18.2 Å². The monoisotopic (exact) mass is 369 g/mol. The van der Waals surface area contributed by atoms with Crippen molar-refractivity contribution in [3.05, 3.63) is 28.2 Å². The average Bonchev–Trinajstić information content (AvgIpc) is 2.79. The Morgan fingerprint density at radius 1 is 1.45 bits per heavy atom. The van der Waals surface area contributed by atoms with Crippen LogP contribution in [0.2, 0.25) is 0 Å². The molecule has 0 aromatic heterocycles. The van der Waals surface area contributed by atoms with Gasteiger partial charge < -0.3 is 15.2 Å². The number of aliphatic imine (C=N–C) groups is 1. The fraction of sp³-hybridized carbons (Fsp3) is 0.533. The van der Waals surface area contributed by atoms with Gasteiger partial charge in [0.25, 0.3) is 0 Å². The number of nitrogens with zero attached hydrogens (tertiary/aromatic N) is 2. The zero-order valence-electron chi connectivity index (χ0n) is 12.7. The second-order valence-corrected chi connectivity index (χ2v) is 6.53. The standard InChI is InChI=1S/C15H20BrN3O3/c1-10-4-3-7-20-9-21-13-6-5-11(16)8-12(13)15(10)18-14(17)19(2)22-15/h5-6,8,10H,3-4,7,9H2,1-2H3,(H2,17,18). The fourth-order valence-electron chi connectivity index (χ4n) is 2.85. The van der Waals surface area contributed by atoms with E-state index < -0.39 is 5.72 Å². The molecule has 3 rings (SSSR count). The molecular formula is C15H20BrN3O3. The highest BCUT2D eigenvalue weighted by Crippen LogP contribution is 2.46. The first kappa shape index (κ1) is 15.6. The molecule has 0 saturated carbocycles. The fourth-order valence-corrected chi connectivity index (χ4v) is 3.21. The van der Waals surface area contributed by atoms with Gasteiger partial charge >= 0.3 is 0 Å². The van der Waals surface area contributed by atoms with Crippen LogP contribution in [0, 0.1) is 5.92 Å². The normalized spacial score (nSPS) is 29.0. The molecule has 0 fully saturated rings. The first-order valence-electron chi connectivity index (χ1n) is 7.31. The van der Waals surface area contributed by atoms with Crippen molar-refractivity contribution in [2.75, 3.05) is 20.4 Å². The predicted molar refractivity (Wildman–Crippen MR) is 86.1 cm³/mol. The molecule has 22 heavy (non-hydrogen) atoms. The van der Waals surface area contributed by atoms with Crippen molar-refractivity contribution >= 4 is 21.9 Å². The van der Waals surface area contributed by atoms with E-state index in [9.17, 15) is 0 Å². The number of fused-ring (bicyclic) bond motifs is 2. The number of nitrogens with two attached hydrogens (primary N) is 1. The van der Waals surface area contributed by atoms with Crippen LogP contribution in [-0.2, 0) is 15.3 Å². The summed E-state index contributed by atoms with van der Waals surface area (Å²) >= 11 is 3.52. The Morgan fingerprint density at radius 2 is 2.27 bits per heavy atom. The van der Waals surface area contributed by atoms with Gasteiger partial charge in [0.2, 0.25) is 11.7 Å². The second-order valence-electron chi connectivity index (χ2n) is 5.61. The second kappa shape index (κ2) is 6.06. The molecule has 1 aromatic rings. The maximum Gasteiger partial charge on any atom is 0.220 e. The quantitative estimate of drug-likeness (QED) is 0.760. The van der Waals surface area contributed by atoms with E-state index >= 15 is 0 Å². The minimum Gasteiger partial charge on any atom is -0.467 e. The molecule has 0 aliphatic carbocycles. The van der Waals surface area contributed by atoms with E-state index in [4.69, 9.17) is 20.0 Å². The molecule has 2 N–H and O–H groups in total. The molecule has 2 atom stereocenters. The third kappa shape index (κ3) is 2.68. The van der Waals surface area contributed by atoms with Crippen molar-refractivity contribution < 1.29 is 14.3 Å². The van der Waals surface area contributed by atoms with Crippen LogP contribution in [0.1, 0.15) is 25.3 Å². The topological polar surface area (TPSA) is 69.3 Å². The van der Waals surface area contributed by atoms with Crippen molar-refractivity contribution in [1.29, 1.82) is 0 Å². The molecule has 120 valence electrons. The number of rotatable bonds is 0. The van der Waals surface area contributed by atoms with Crippen molar-refractivity contribution in [2.45, 2.75) is 25.5 Å². The molecule has 2 heterocycles. The third-order valence-corrected chi connectivity index (χ3v) is 4.59. The van der Waals surface area contributed by atoms with Gasteiger partial charge in [-0.3, -0.25) is 0 Å². The molecule has 6 nitrogen and oxygen atoms in total. The van der Waals surface area contributed by atoms with Crippen molar-refractivity contribution in [3.8, 4) is 5.75 Å². The lowest BCUT2D eigenvalue weighted by Gasteiger charge is -2.34. The van der Waals surface area contributed by atoms with E-state index in [1.165, 1.54) is 5.06 Å². The summed E-state index contributed by atoms with van der Waals surface area (Å²) in [5.41, 5.74) is 5.96. The van der Waals surface area contributed by atoms with E-state index in [0.29, 0.717) is 18.3 Å². The summed E-state index contributed by atoms with van der Waals surface area (Å²) in [5, 5.41) is 1.52. The Kier molecular flexibility index (Phi) is 4.29. The number of hydroxylamine groups is 2. The lowest BCUT2D eigenvalue weighted by Crippen LogP contribution is -2.37. The van der Waals surface area contributed by atoms with Crippen LogP contribution in [-0.4, -0.2) is 31.5 Å². The molecule has 1 aromatic carbocycles. The predicted octanol–water partition coefficient (Wildman–Crippen LogP) is 2.58. The third-order valence-electron chi connectivity index (χ3n) is 4.10. The van der Waals surface area contributed by atoms with E-state index in [2.05, 4.69) is 27.8 Å². The number of ether oxygens (including phenoxy) is 2. The maximum absolute atomic E-state index is 6.09. The summed E-state index contributed by atoms with van der Waals surface area (Å²) in [7, 11) is 1.76. The Labute approximate surface area is 138 Å². The van der Waals surface area contributed by atoms with Gasteiger partial charge in [-0.05, 0) is 31.0 Å². The molecular weight excluding hydrogens is 350 g/mol. The molecule has 0 bridgehead atoms. The van der Waals surface area contributed by atoms with Crippen LogP contribution in [0.15, 0.2) is 27.7 Å². The summed E-state index contributed by atoms with van der Waals surface area (Å²) in [6.07, 6.45) is 1.83. The molecule has 1 spiro atoms. The highest BCUT2D eigenvalue weighted by molar-refractivity contribution is 9.10. The Hall–Kier alpha value is -1.31. The molecule has 2 unspecified atom stereocenters. The van der Waals surface area contributed by atoms with Crippen LogP contribution in [0.5, 0.6) is 5.75 Å². The number of hydrogen-bond acceptors (Lipinski definition) is 6. The van der Waals surface area contributed by atoms with Gasteiger partial charge in [0.1, 0.15) is 5.75 Å². The molecule has 0 saturated heterocycles. The first-order chi connectivity index (χ1) is 10.5. The smallest absolute Gasteiger partial charge is 0.220 e. The largest absolute Gasteiger partial charge is 0.467 e. The van der Waals surface area contributed by atoms with Gasteiger partial charge in [0.15, 0.2) is 6.79 Å². The van der Waals surface area contributed by atoms with Crippen LogP contribution < -0.4 is 10.5 Å². The summed E-state index contributed by atoms with van der Waals surface area (Å²) < 4.78 is 12.2. The first-order valence-corrected chi connectivity index (χ1v) is 8.11. The van der Waals surface area contributed by atoms with Crippen LogP contribution >= 0.6 is 15.9 Å². The van der Waals surface area contributed by atoms with Gasteiger partial charge in [0.05, 0.1) is 12.2 Å². The minimum atomic E-state index is -0.866. The summed E-state index contributed by atoms with van der Waals surface area (Å²) in [5.74, 6) is 1.18. The summed E-state index contributed by atoms with van der Waals surface area (Å²) in [6, 6.07) is 5.80. The highest BCUT2D eigenvalue weighted by atomic mass is 79.9. The van der Waals surface area contributed by atoms with Crippen LogP contribution in [0.25, 0.3) is 0 Å². The van der Waals surface area contributed by atoms with Crippen LogP contribution in [0.4, 0.5) is 0 Å². The summed E-state index contributed by atoms with van der Waals surface area (Å²) in [6.45, 7) is 2.98. The summed E-state index contributed by atoms with van der Waals surface area (Å²) in [4.78, 5) is 10.7. The van der Waals surface area contributed by atoms with Crippen molar-refractivity contribution in [2.24, 2.45) is 16.6 Å². The zero-order chi connectivity index (χ0) is 15.7. The number of hydrogen-bond donors (Lipinski definition) is 1. The van der Waals surface area contributed by atoms with Gasteiger partial charge in [-0.1, -0.05) is 22.9 Å². The molecule has 2 aliphatic rings. The number of benzene rings is 1. The Balaban J connectivity index is 2.14. The lowest BCUT2D eigenvalue weighted by atomic mass is 9.86. The van der Waals surface area contributed by atoms with E-state index in [-0.39, 0.29) is 12.7 Å². The molecule has 0 radical (unpaired) electrons. The van der Waals surface area contributed by atoms with Crippen molar-refractivity contribution in [1.82, 2.24) is 5.06 Å². The average molecular weight is 370 g/mol. The van der Waals surface area contributed by atoms with Gasteiger partial charge in [-0.15, -0.1) is 0 Å². The highest BCUT2D eigenvalue weighted by Gasteiger charge is 2.47. The van der Waals surface area contributed by atoms with Gasteiger partial charge in [0, 0.05) is 17.4 Å². The SMILES string of the molecule is CC1CCCOCOc2ccc(Br)cc2C12N=C(N)N(C)O2. The number of guanidine groups is 1. The Bertz CT molecular complexity index is 595. The van der Waals surface area contributed by atoms with Gasteiger partial charge in [-0.2, -0.15) is 0 Å². The zero-order valence-corrected chi connectivity index (χ0v) is 14.3. The van der Waals surface area contributed by atoms with E-state index in [0.717, 1.165) is 22.9 Å². The minimum absolute atomic E-state index is 0.120. The van der Waals surface area contributed by atoms with Crippen molar-refractivity contribution in [3.63, 3.8) is 0 Å². The maximum atomic E-state index is 6.09. The van der Waals surface area contributed by atoms with E-state index in [1.54, 1.807) is 7.05 Å². The molecule has 2 aliphatic heterocycles. The molecule has 7 heteroatoms. The number of halogens is 1. The lowest BCUT2D eigenvalue weighted by molar-refractivity contribution is -0.198. The van der Waals surface area contributed by atoms with Crippen LogP contribution in [0.3, 0.4) is 0 Å². The molecule has 0 amide bonds.